The van der Waals surface area contributed by atoms with E-state index in [1.807, 2.05) is 0 Å². The van der Waals surface area contributed by atoms with Gasteiger partial charge in [-0.3, -0.25) is 0 Å². The molecule has 2 heterocycles. The van der Waals surface area contributed by atoms with Crippen LogP contribution in [0.2, 0.25) is 0 Å². The molecule has 2 saturated heterocycles. The third kappa shape index (κ3) is 3.81. The average Bonchev–Trinajstić information content (AvgIpc) is 2.98. The summed E-state index contributed by atoms with van der Waals surface area (Å²) in [5.41, 5.74) is -1.06. The number of nitrogens with one attached hydrogen (secondary N) is 1. The van der Waals surface area contributed by atoms with Gasteiger partial charge in [0.2, 0.25) is 10.0 Å². The molecule has 3 rings (SSSR count). The molecular formula is C14H18ClF3N2O2S. The molecule has 9 heteroatoms. The third-order valence-electron chi connectivity index (χ3n) is 4.41. The molecule has 2 aliphatic rings. The van der Waals surface area contributed by atoms with Crippen LogP contribution in [0.3, 0.4) is 0 Å². The average molecular weight is 371 g/mol. The zero-order valence-corrected chi connectivity index (χ0v) is 13.8. The van der Waals surface area contributed by atoms with E-state index in [0.29, 0.717) is 13.1 Å². The summed E-state index contributed by atoms with van der Waals surface area (Å²) < 4.78 is 65.2. The third-order valence-corrected chi connectivity index (χ3v) is 6.17. The van der Waals surface area contributed by atoms with Gasteiger partial charge in [-0.05, 0) is 36.6 Å². The largest absolute Gasteiger partial charge is 0.416 e. The molecule has 0 saturated carbocycles. The number of alkyl halides is 3. The zero-order chi connectivity index (χ0) is 16.0. The Labute approximate surface area is 139 Å². The SMILES string of the molecule is Cl.O=S(=O)(Cc1ccccc1C(F)(F)F)N1C[C@H]2CNC[C@H]2C1. The van der Waals surface area contributed by atoms with Gasteiger partial charge < -0.3 is 5.32 Å². The van der Waals surface area contributed by atoms with Crippen molar-refractivity contribution >= 4 is 22.4 Å². The zero-order valence-electron chi connectivity index (χ0n) is 12.2. The molecular weight excluding hydrogens is 353 g/mol. The first-order valence-corrected chi connectivity index (χ1v) is 8.72. The van der Waals surface area contributed by atoms with Crippen LogP contribution < -0.4 is 5.32 Å². The molecule has 1 N–H and O–H groups in total. The lowest BCUT2D eigenvalue weighted by molar-refractivity contribution is -0.138. The summed E-state index contributed by atoms with van der Waals surface area (Å²) in [6.45, 7) is 2.34. The fraction of sp³-hybridized carbons (Fsp3) is 0.571. The van der Waals surface area contributed by atoms with Crippen molar-refractivity contribution in [3.05, 3.63) is 35.4 Å². The molecule has 2 aliphatic heterocycles. The number of hydrogen-bond donors (Lipinski definition) is 1. The van der Waals surface area contributed by atoms with Gasteiger partial charge in [0.15, 0.2) is 0 Å². The predicted octanol–water partition coefficient (Wildman–Crippen LogP) is 2.11. The van der Waals surface area contributed by atoms with Crippen LogP contribution in [0.15, 0.2) is 24.3 Å². The van der Waals surface area contributed by atoms with Gasteiger partial charge in [0.25, 0.3) is 0 Å². The van der Waals surface area contributed by atoms with Gasteiger partial charge >= 0.3 is 6.18 Å². The standard InChI is InChI=1S/C14H17F3N2O2S.ClH/c15-14(16,17)13-4-2-1-3-10(13)9-22(20,21)19-7-11-5-18-6-12(11)8-19;/h1-4,11-12,18H,5-9H2;1H/t11-,12+;. The molecule has 0 radical (unpaired) electrons. The maximum atomic E-state index is 13.0. The van der Waals surface area contributed by atoms with Gasteiger partial charge in [0.1, 0.15) is 0 Å². The van der Waals surface area contributed by atoms with Crippen molar-refractivity contribution in [3.63, 3.8) is 0 Å². The van der Waals surface area contributed by atoms with Gasteiger partial charge in [0.05, 0.1) is 11.3 Å². The molecule has 0 aliphatic carbocycles. The summed E-state index contributed by atoms with van der Waals surface area (Å²) in [7, 11) is -3.73. The summed E-state index contributed by atoms with van der Waals surface area (Å²) >= 11 is 0. The molecule has 0 bridgehead atoms. The minimum atomic E-state index is -4.54. The van der Waals surface area contributed by atoms with Crippen LogP contribution >= 0.6 is 12.4 Å². The second-order valence-electron chi connectivity index (χ2n) is 5.91. The Morgan fingerprint density at radius 1 is 1.13 bits per heavy atom. The molecule has 2 atom stereocenters. The Balaban J connectivity index is 0.00000192. The van der Waals surface area contributed by atoms with E-state index in [-0.39, 0.29) is 29.8 Å². The Morgan fingerprint density at radius 3 is 2.26 bits per heavy atom. The molecule has 23 heavy (non-hydrogen) atoms. The molecule has 1 aromatic rings. The summed E-state index contributed by atoms with van der Waals surface area (Å²) in [6.07, 6.45) is -4.54. The van der Waals surface area contributed by atoms with E-state index in [1.165, 1.54) is 22.5 Å². The van der Waals surface area contributed by atoms with Crippen molar-refractivity contribution in [3.8, 4) is 0 Å². The van der Waals surface area contributed by atoms with E-state index in [2.05, 4.69) is 5.32 Å². The van der Waals surface area contributed by atoms with Crippen LogP contribution in [0.25, 0.3) is 0 Å². The molecule has 2 fully saturated rings. The molecule has 4 nitrogen and oxygen atoms in total. The van der Waals surface area contributed by atoms with Crippen molar-refractivity contribution in [1.29, 1.82) is 0 Å². The lowest BCUT2D eigenvalue weighted by Crippen LogP contribution is -2.33. The molecule has 0 unspecified atom stereocenters. The normalized spacial score (nSPS) is 25.2. The van der Waals surface area contributed by atoms with Crippen molar-refractivity contribution in [1.82, 2.24) is 9.62 Å². The second-order valence-corrected chi connectivity index (χ2v) is 7.88. The number of fused-ring (bicyclic) bond motifs is 1. The van der Waals surface area contributed by atoms with Crippen molar-refractivity contribution in [2.24, 2.45) is 11.8 Å². The quantitative estimate of drug-likeness (QED) is 0.886. The first-order valence-electron chi connectivity index (χ1n) is 7.11. The maximum Gasteiger partial charge on any atom is 0.416 e. The minimum Gasteiger partial charge on any atom is -0.316 e. The van der Waals surface area contributed by atoms with Crippen molar-refractivity contribution < 1.29 is 21.6 Å². The number of benzene rings is 1. The summed E-state index contributed by atoms with van der Waals surface area (Å²) in [6, 6.07) is 4.86. The van der Waals surface area contributed by atoms with Crippen LogP contribution in [0, 0.1) is 11.8 Å². The van der Waals surface area contributed by atoms with E-state index >= 15 is 0 Å². The van der Waals surface area contributed by atoms with Gasteiger partial charge in [0, 0.05) is 13.1 Å². The number of nitrogens with zero attached hydrogens (tertiary/aromatic N) is 1. The van der Waals surface area contributed by atoms with Gasteiger partial charge in [-0.2, -0.15) is 13.2 Å². The highest BCUT2D eigenvalue weighted by Crippen LogP contribution is 2.34. The van der Waals surface area contributed by atoms with Crippen LogP contribution in [0.4, 0.5) is 13.2 Å². The number of halogens is 4. The molecule has 0 spiro atoms. The highest BCUT2D eigenvalue weighted by molar-refractivity contribution is 7.88. The molecule has 130 valence electrons. The summed E-state index contributed by atoms with van der Waals surface area (Å²) in [5, 5.41) is 3.20. The van der Waals surface area contributed by atoms with E-state index in [9.17, 15) is 21.6 Å². The highest BCUT2D eigenvalue weighted by atomic mass is 35.5. The van der Waals surface area contributed by atoms with Crippen molar-refractivity contribution in [2.75, 3.05) is 26.2 Å². The van der Waals surface area contributed by atoms with Crippen LogP contribution in [-0.4, -0.2) is 38.9 Å². The lowest BCUT2D eigenvalue weighted by atomic mass is 10.0. The first kappa shape index (κ1) is 18.5. The smallest absolute Gasteiger partial charge is 0.316 e. The monoisotopic (exact) mass is 370 g/mol. The van der Waals surface area contributed by atoms with Gasteiger partial charge in [-0.15, -0.1) is 12.4 Å². The summed E-state index contributed by atoms with van der Waals surface area (Å²) in [5.74, 6) is -0.0597. The highest BCUT2D eigenvalue weighted by Gasteiger charge is 2.42. The van der Waals surface area contributed by atoms with Crippen LogP contribution in [0.5, 0.6) is 0 Å². The number of rotatable bonds is 3. The first-order chi connectivity index (χ1) is 10.3. The fourth-order valence-electron chi connectivity index (χ4n) is 3.25. The van der Waals surface area contributed by atoms with Crippen LogP contribution in [-0.2, 0) is 22.0 Å². The molecule has 0 aromatic heterocycles. The topological polar surface area (TPSA) is 49.4 Å². The van der Waals surface area contributed by atoms with E-state index in [1.54, 1.807) is 0 Å². The Morgan fingerprint density at radius 2 is 1.70 bits per heavy atom. The molecule has 0 amide bonds. The van der Waals surface area contributed by atoms with Crippen molar-refractivity contribution in [2.45, 2.75) is 11.9 Å². The number of sulfonamides is 1. The second kappa shape index (κ2) is 6.58. The summed E-state index contributed by atoms with van der Waals surface area (Å²) in [4.78, 5) is 0. The minimum absolute atomic E-state index is 0. The Hall–Kier alpha value is -0.830. The predicted molar refractivity (Wildman–Crippen MR) is 82.7 cm³/mol. The maximum absolute atomic E-state index is 13.0. The van der Waals surface area contributed by atoms with E-state index < -0.39 is 27.5 Å². The lowest BCUT2D eigenvalue weighted by Gasteiger charge is -2.19. The van der Waals surface area contributed by atoms with Gasteiger partial charge in [-0.25, -0.2) is 12.7 Å². The van der Waals surface area contributed by atoms with Gasteiger partial charge in [-0.1, -0.05) is 18.2 Å². The van der Waals surface area contributed by atoms with E-state index in [4.69, 9.17) is 0 Å². The van der Waals surface area contributed by atoms with E-state index in [0.717, 1.165) is 19.2 Å². The fourth-order valence-corrected chi connectivity index (χ4v) is 4.91. The molecule has 1 aromatic carbocycles. The number of hydrogen-bond acceptors (Lipinski definition) is 3. The van der Waals surface area contributed by atoms with Crippen LogP contribution in [0.1, 0.15) is 11.1 Å². The Kier molecular flexibility index (Phi) is 5.30. The Bertz CT molecular complexity index is 654.